The quantitative estimate of drug-likeness (QED) is 0.609. The fraction of sp³-hybridized carbons (Fsp3) is 0.615. The molecule has 0 aromatic carbocycles. The highest BCUT2D eigenvalue weighted by Gasteiger charge is 2.54. The number of carbonyl (C=O) groups excluding carboxylic acids is 1. The molecular weight excluding hydrogens is 172 g/mol. The molecule has 2 saturated carbocycles. The maximum atomic E-state index is 11.9. The second-order valence-electron chi connectivity index (χ2n) is 5.01. The Morgan fingerprint density at radius 3 is 3.00 bits per heavy atom. The predicted octanol–water partition coefficient (Wildman–Crippen LogP) is 2.59. The number of fused-ring (bicyclic) bond motifs is 5. The molecule has 5 atom stereocenters. The van der Waals surface area contributed by atoms with Gasteiger partial charge >= 0.3 is 0 Å². The van der Waals surface area contributed by atoms with Crippen LogP contribution in [0, 0.1) is 29.6 Å². The van der Waals surface area contributed by atoms with Crippen LogP contribution in [0.15, 0.2) is 24.8 Å². The molecule has 1 nitrogen and oxygen atoms in total. The molecule has 14 heavy (non-hydrogen) atoms. The van der Waals surface area contributed by atoms with E-state index in [1.54, 1.807) is 0 Å². The lowest BCUT2D eigenvalue weighted by Crippen LogP contribution is -2.21. The number of rotatable bonds is 2. The molecular formula is C13H16O. The molecule has 0 unspecified atom stereocenters. The molecule has 2 fully saturated rings. The molecule has 3 aliphatic rings. The molecule has 0 radical (unpaired) electrons. The van der Waals surface area contributed by atoms with Crippen molar-refractivity contribution < 1.29 is 4.79 Å². The Morgan fingerprint density at radius 1 is 1.43 bits per heavy atom. The minimum absolute atomic E-state index is 0.384. The van der Waals surface area contributed by atoms with E-state index in [2.05, 4.69) is 18.7 Å². The largest absolute Gasteiger partial charge is 0.299 e. The maximum Gasteiger partial charge on any atom is 0.137 e. The van der Waals surface area contributed by atoms with Crippen molar-refractivity contribution in [3.05, 3.63) is 24.8 Å². The first-order valence-corrected chi connectivity index (χ1v) is 5.63. The number of hydrogen-bond donors (Lipinski definition) is 0. The van der Waals surface area contributed by atoms with Gasteiger partial charge in [0.2, 0.25) is 0 Å². The topological polar surface area (TPSA) is 17.1 Å². The second kappa shape index (κ2) is 2.82. The lowest BCUT2D eigenvalue weighted by Gasteiger charge is -2.23. The zero-order valence-electron chi connectivity index (χ0n) is 8.36. The number of hydrogen-bond acceptors (Lipinski definition) is 1. The van der Waals surface area contributed by atoms with Gasteiger partial charge in [-0.15, -0.1) is 6.58 Å². The van der Waals surface area contributed by atoms with Crippen molar-refractivity contribution in [3.63, 3.8) is 0 Å². The molecule has 3 rings (SSSR count). The number of allylic oxidation sites excluding steroid dienone is 3. The zero-order valence-corrected chi connectivity index (χ0v) is 8.36. The third kappa shape index (κ3) is 0.930. The minimum Gasteiger partial charge on any atom is -0.299 e. The molecule has 0 amide bonds. The average Bonchev–Trinajstić information content (AvgIpc) is 2.80. The van der Waals surface area contributed by atoms with E-state index < -0.39 is 0 Å². The minimum atomic E-state index is 0.384. The third-order valence-electron chi connectivity index (χ3n) is 4.37. The van der Waals surface area contributed by atoms with Crippen LogP contribution in [0.2, 0.25) is 0 Å². The van der Waals surface area contributed by atoms with E-state index in [4.69, 9.17) is 0 Å². The monoisotopic (exact) mass is 188 g/mol. The summed E-state index contributed by atoms with van der Waals surface area (Å²) >= 11 is 0. The molecule has 0 spiro atoms. The van der Waals surface area contributed by atoms with Crippen LogP contribution in [-0.2, 0) is 4.79 Å². The fourth-order valence-electron chi connectivity index (χ4n) is 3.94. The standard InChI is InChI=1S/C13H16O/c1-2-3-8-7-11(14)13-10-5-4-9(6-10)12(8)13/h2,4-5,8-10,12-13H,1,3,6-7H2/t8-,9-,10+,12-,13-/m1/s1. The summed E-state index contributed by atoms with van der Waals surface area (Å²) in [4.78, 5) is 11.9. The summed E-state index contributed by atoms with van der Waals surface area (Å²) in [5.74, 6) is 3.47. The normalized spacial score (nSPS) is 48.6. The fourth-order valence-corrected chi connectivity index (χ4v) is 3.94. The highest BCUT2D eigenvalue weighted by molar-refractivity contribution is 5.85. The Morgan fingerprint density at radius 2 is 2.21 bits per heavy atom. The molecule has 0 aromatic rings. The van der Waals surface area contributed by atoms with Crippen LogP contribution in [0.4, 0.5) is 0 Å². The summed E-state index contributed by atoms with van der Waals surface area (Å²) in [5, 5.41) is 0. The van der Waals surface area contributed by atoms with E-state index in [1.807, 2.05) is 6.08 Å². The van der Waals surface area contributed by atoms with Gasteiger partial charge in [0.05, 0.1) is 0 Å². The zero-order chi connectivity index (χ0) is 9.71. The summed E-state index contributed by atoms with van der Waals surface area (Å²) < 4.78 is 0. The summed E-state index contributed by atoms with van der Waals surface area (Å²) in [7, 11) is 0. The van der Waals surface area contributed by atoms with Gasteiger partial charge in [-0.05, 0) is 36.5 Å². The van der Waals surface area contributed by atoms with Crippen molar-refractivity contribution in [2.75, 3.05) is 0 Å². The van der Waals surface area contributed by atoms with Gasteiger partial charge in [-0.3, -0.25) is 4.79 Å². The number of carbonyl (C=O) groups is 1. The first-order valence-electron chi connectivity index (χ1n) is 5.63. The Kier molecular flexibility index (Phi) is 1.70. The van der Waals surface area contributed by atoms with Crippen molar-refractivity contribution in [3.8, 4) is 0 Å². The highest BCUT2D eigenvalue weighted by Crippen LogP contribution is 2.56. The summed E-state index contributed by atoms with van der Waals surface area (Å²) in [6.07, 6.45) is 9.70. The highest BCUT2D eigenvalue weighted by atomic mass is 16.1. The molecule has 74 valence electrons. The van der Waals surface area contributed by atoms with Gasteiger partial charge in [-0.25, -0.2) is 0 Å². The van der Waals surface area contributed by atoms with E-state index in [0.29, 0.717) is 35.4 Å². The van der Waals surface area contributed by atoms with Crippen molar-refractivity contribution in [1.29, 1.82) is 0 Å². The van der Waals surface area contributed by atoms with Crippen LogP contribution in [0.3, 0.4) is 0 Å². The van der Waals surface area contributed by atoms with Gasteiger partial charge in [0.1, 0.15) is 5.78 Å². The van der Waals surface area contributed by atoms with Gasteiger partial charge < -0.3 is 0 Å². The van der Waals surface area contributed by atoms with Crippen molar-refractivity contribution in [1.82, 2.24) is 0 Å². The Bertz CT molecular complexity index is 315. The maximum absolute atomic E-state index is 11.9. The molecule has 0 aliphatic heterocycles. The van der Waals surface area contributed by atoms with Gasteiger partial charge in [0.25, 0.3) is 0 Å². The Labute approximate surface area is 84.9 Å². The van der Waals surface area contributed by atoms with Gasteiger partial charge in [0, 0.05) is 12.3 Å². The van der Waals surface area contributed by atoms with Gasteiger partial charge in [-0.1, -0.05) is 18.2 Å². The van der Waals surface area contributed by atoms with Crippen molar-refractivity contribution in [2.24, 2.45) is 29.6 Å². The van der Waals surface area contributed by atoms with E-state index >= 15 is 0 Å². The van der Waals surface area contributed by atoms with Gasteiger partial charge in [-0.2, -0.15) is 0 Å². The Hall–Kier alpha value is -0.850. The van der Waals surface area contributed by atoms with Crippen molar-refractivity contribution >= 4 is 5.78 Å². The molecule has 2 bridgehead atoms. The van der Waals surface area contributed by atoms with Crippen LogP contribution in [0.25, 0.3) is 0 Å². The van der Waals surface area contributed by atoms with Crippen LogP contribution in [0.1, 0.15) is 19.3 Å². The second-order valence-corrected chi connectivity index (χ2v) is 5.01. The average molecular weight is 188 g/mol. The lowest BCUT2D eigenvalue weighted by molar-refractivity contribution is -0.121. The van der Waals surface area contributed by atoms with Crippen LogP contribution < -0.4 is 0 Å². The third-order valence-corrected chi connectivity index (χ3v) is 4.37. The molecule has 0 N–H and O–H groups in total. The lowest BCUT2D eigenvalue weighted by atomic mass is 9.80. The van der Waals surface area contributed by atoms with Crippen LogP contribution in [-0.4, -0.2) is 5.78 Å². The van der Waals surface area contributed by atoms with E-state index in [0.717, 1.165) is 12.8 Å². The van der Waals surface area contributed by atoms with E-state index in [-0.39, 0.29) is 0 Å². The van der Waals surface area contributed by atoms with Crippen molar-refractivity contribution in [2.45, 2.75) is 19.3 Å². The molecule has 0 saturated heterocycles. The summed E-state index contributed by atoms with van der Waals surface area (Å²) in [6, 6.07) is 0. The van der Waals surface area contributed by atoms with E-state index in [1.165, 1.54) is 6.42 Å². The van der Waals surface area contributed by atoms with Gasteiger partial charge in [0.15, 0.2) is 0 Å². The number of Topliss-reactive ketones (excluding diaryl/α,β-unsaturated/α-hetero) is 1. The molecule has 3 aliphatic carbocycles. The van der Waals surface area contributed by atoms with E-state index in [9.17, 15) is 4.79 Å². The molecule has 0 aromatic heterocycles. The SMILES string of the molecule is C=CC[C@@H]1CC(=O)[C@@H]2[C@H]1[C@@H]1C=C[C@H]2C1. The molecule has 0 heterocycles. The first-order chi connectivity index (χ1) is 6.81. The summed E-state index contributed by atoms with van der Waals surface area (Å²) in [6.45, 7) is 3.80. The first kappa shape index (κ1) is 8.46. The smallest absolute Gasteiger partial charge is 0.137 e. The number of ketones is 1. The predicted molar refractivity (Wildman–Crippen MR) is 55.6 cm³/mol. The van der Waals surface area contributed by atoms with Crippen LogP contribution in [0.5, 0.6) is 0 Å². The summed E-state index contributed by atoms with van der Waals surface area (Å²) in [5.41, 5.74) is 0. The van der Waals surface area contributed by atoms with Crippen LogP contribution >= 0.6 is 0 Å². The Balaban J connectivity index is 1.91. The molecule has 1 heteroatoms.